The Kier molecular flexibility index (Phi) is 5.95. The normalized spacial score (nSPS) is 12.5. The number of rotatable bonds is 6. The topological polar surface area (TPSA) is 87.8 Å². The van der Waals surface area contributed by atoms with Crippen molar-refractivity contribution in [3.8, 4) is 6.07 Å². The highest BCUT2D eigenvalue weighted by molar-refractivity contribution is 7.99. The first-order valence-corrected chi connectivity index (χ1v) is 11.5. The standard InChI is InChI=1S/C21H17ClN4O2S2/c1-2-8-26-20(28)18-14-4-3-5-16(14)30-19(18)25-21(26)29-11-17(27)24-13-7-6-12(10-23)15(22)9-13/h2,6-7,9H,1,3-5,8,11H2,(H,24,27). The van der Waals surface area contributed by atoms with Crippen LogP contribution >= 0.6 is 34.7 Å². The maximum atomic E-state index is 13.1. The molecule has 0 atom stereocenters. The zero-order valence-electron chi connectivity index (χ0n) is 15.9. The van der Waals surface area contributed by atoms with Gasteiger partial charge in [0, 0.05) is 17.1 Å². The number of carbonyl (C=O) groups is 1. The number of nitriles is 1. The van der Waals surface area contributed by atoms with Gasteiger partial charge in [-0.05, 0) is 43.0 Å². The molecule has 0 fully saturated rings. The lowest BCUT2D eigenvalue weighted by Crippen LogP contribution is -2.24. The Balaban J connectivity index is 1.56. The lowest BCUT2D eigenvalue weighted by molar-refractivity contribution is -0.113. The van der Waals surface area contributed by atoms with Crippen molar-refractivity contribution in [2.24, 2.45) is 0 Å². The third-order valence-corrected chi connectivity index (χ3v) is 7.28. The Morgan fingerprint density at radius 2 is 2.30 bits per heavy atom. The Hall–Kier alpha value is -2.60. The van der Waals surface area contributed by atoms with Crippen molar-refractivity contribution >= 4 is 56.5 Å². The van der Waals surface area contributed by atoms with Gasteiger partial charge < -0.3 is 5.32 Å². The van der Waals surface area contributed by atoms with Gasteiger partial charge in [-0.1, -0.05) is 29.4 Å². The molecule has 1 aromatic carbocycles. The molecule has 0 unspecified atom stereocenters. The molecule has 30 heavy (non-hydrogen) atoms. The zero-order valence-corrected chi connectivity index (χ0v) is 18.3. The number of nitrogens with one attached hydrogen (secondary N) is 1. The summed E-state index contributed by atoms with van der Waals surface area (Å²) in [5, 5.41) is 13.2. The number of amides is 1. The molecule has 9 heteroatoms. The molecule has 152 valence electrons. The smallest absolute Gasteiger partial charge is 0.263 e. The van der Waals surface area contributed by atoms with Crippen LogP contribution in [0.3, 0.4) is 0 Å². The van der Waals surface area contributed by atoms with Crippen LogP contribution in [0.1, 0.15) is 22.4 Å². The number of carbonyl (C=O) groups excluding carboxylic acids is 1. The van der Waals surface area contributed by atoms with Crippen molar-refractivity contribution in [3.63, 3.8) is 0 Å². The van der Waals surface area contributed by atoms with Gasteiger partial charge in [-0.15, -0.1) is 17.9 Å². The number of aromatic nitrogens is 2. The highest BCUT2D eigenvalue weighted by Gasteiger charge is 2.23. The van der Waals surface area contributed by atoms with Gasteiger partial charge in [0.15, 0.2) is 5.16 Å². The van der Waals surface area contributed by atoms with E-state index in [4.69, 9.17) is 21.8 Å². The summed E-state index contributed by atoms with van der Waals surface area (Å²) in [7, 11) is 0. The van der Waals surface area contributed by atoms with Crippen LogP contribution in [-0.4, -0.2) is 21.2 Å². The molecular formula is C21H17ClN4O2S2. The van der Waals surface area contributed by atoms with Crippen LogP contribution in [0.4, 0.5) is 5.69 Å². The van der Waals surface area contributed by atoms with Gasteiger partial charge >= 0.3 is 0 Å². The van der Waals surface area contributed by atoms with Gasteiger partial charge in [-0.3, -0.25) is 14.2 Å². The van der Waals surface area contributed by atoms with Crippen molar-refractivity contribution in [2.75, 3.05) is 11.1 Å². The third-order valence-electron chi connectivity index (χ3n) is 4.81. The molecule has 0 radical (unpaired) electrons. The first-order chi connectivity index (χ1) is 14.5. The second-order valence-corrected chi connectivity index (χ2v) is 9.21. The fraction of sp³-hybridized carbons (Fsp3) is 0.238. The summed E-state index contributed by atoms with van der Waals surface area (Å²) in [5.74, 6) is -0.174. The number of anilines is 1. The van der Waals surface area contributed by atoms with Crippen molar-refractivity contribution < 1.29 is 4.79 Å². The van der Waals surface area contributed by atoms with E-state index >= 15 is 0 Å². The quantitative estimate of drug-likeness (QED) is 0.337. The number of fused-ring (bicyclic) bond motifs is 3. The Labute approximate surface area is 186 Å². The monoisotopic (exact) mass is 456 g/mol. The summed E-state index contributed by atoms with van der Waals surface area (Å²) < 4.78 is 1.58. The Bertz CT molecular complexity index is 1270. The molecule has 0 aliphatic heterocycles. The summed E-state index contributed by atoms with van der Waals surface area (Å²) in [6.45, 7) is 4.08. The molecule has 0 saturated carbocycles. The Morgan fingerprint density at radius 1 is 1.47 bits per heavy atom. The molecular weight excluding hydrogens is 440 g/mol. The molecule has 1 N–H and O–H groups in total. The van der Waals surface area contributed by atoms with Gasteiger partial charge in [0.1, 0.15) is 10.9 Å². The average Bonchev–Trinajstić information content (AvgIpc) is 3.30. The van der Waals surface area contributed by atoms with E-state index in [1.807, 2.05) is 6.07 Å². The van der Waals surface area contributed by atoms with Gasteiger partial charge in [-0.25, -0.2) is 4.98 Å². The number of hydrogen-bond donors (Lipinski definition) is 1. The molecule has 3 aromatic rings. The van der Waals surface area contributed by atoms with Crippen LogP contribution in [0.15, 0.2) is 40.8 Å². The van der Waals surface area contributed by atoms with E-state index < -0.39 is 0 Å². The number of benzene rings is 1. The highest BCUT2D eigenvalue weighted by atomic mass is 35.5. The fourth-order valence-corrected chi connectivity index (χ4v) is 5.80. The third kappa shape index (κ3) is 3.88. The van der Waals surface area contributed by atoms with E-state index in [2.05, 4.69) is 11.9 Å². The number of aryl methyl sites for hydroxylation is 2. The lowest BCUT2D eigenvalue weighted by Gasteiger charge is -2.11. The van der Waals surface area contributed by atoms with Crippen molar-refractivity contribution in [2.45, 2.75) is 31.0 Å². The van der Waals surface area contributed by atoms with E-state index in [0.717, 1.165) is 35.0 Å². The van der Waals surface area contributed by atoms with Crippen molar-refractivity contribution in [1.29, 1.82) is 5.26 Å². The molecule has 0 bridgehead atoms. The number of allylic oxidation sites excluding steroid dienone is 1. The second kappa shape index (κ2) is 8.64. The largest absolute Gasteiger partial charge is 0.325 e. The first kappa shape index (κ1) is 20.7. The highest BCUT2D eigenvalue weighted by Crippen LogP contribution is 2.35. The molecule has 4 rings (SSSR count). The molecule has 1 aliphatic rings. The van der Waals surface area contributed by atoms with Crippen molar-refractivity contribution in [3.05, 3.63) is 62.2 Å². The van der Waals surface area contributed by atoms with E-state index in [9.17, 15) is 9.59 Å². The van der Waals surface area contributed by atoms with Crippen LogP contribution in [-0.2, 0) is 24.2 Å². The van der Waals surface area contributed by atoms with Gasteiger partial charge in [0.05, 0.1) is 21.7 Å². The fourth-order valence-electron chi connectivity index (χ4n) is 3.47. The molecule has 6 nitrogen and oxygen atoms in total. The number of nitrogens with zero attached hydrogens (tertiary/aromatic N) is 3. The summed E-state index contributed by atoms with van der Waals surface area (Å²) in [4.78, 5) is 32.2. The van der Waals surface area contributed by atoms with Crippen LogP contribution in [0.2, 0.25) is 5.02 Å². The average molecular weight is 457 g/mol. The predicted molar refractivity (Wildman–Crippen MR) is 122 cm³/mol. The lowest BCUT2D eigenvalue weighted by atomic mass is 10.2. The van der Waals surface area contributed by atoms with E-state index in [1.54, 1.807) is 34.1 Å². The van der Waals surface area contributed by atoms with Gasteiger partial charge in [-0.2, -0.15) is 5.26 Å². The molecule has 1 amide bonds. The van der Waals surface area contributed by atoms with E-state index in [0.29, 0.717) is 23.0 Å². The first-order valence-electron chi connectivity index (χ1n) is 9.30. The van der Waals surface area contributed by atoms with E-state index in [-0.39, 0.29) is 22.2 Å². The van der Waals surface area contributed by atoms with Gasteiger partial charge in [0.25, 0.3) is 5.56 Å². The maximum Gasteiger partial charge on any atom is 0.263 e. The molecule has 2 heterocycles. The summed E-state index contributed by atoms with van der Waals surface area (Å²) in [6.07, 6.45) is 4.65. The van der Waals surface area contributed by atoms with Crippen LogP contribution in [0.25, 0.3) is 10.2 Å². The van der Waals surface area contributed by atoms with Crippen molar-refractivity contribution in [1.82, 2.24) is 9.55 Å². The number of thiophene rings is 1. The summed E-state index contributed by atoms with van der Waals surface area (Å²) >= 11 is 8.80. The summed E-state index contributed by atoms with van der Waals surface area (Å²) in [5.41, 5.74) is 1.92. The Morgan fingerprint density at radius 3 is 3.03 bits per heavy atom. The minimum Gasteiger partial charge on any atom is -0.325 e. The second-order valence-electron chi connectivity index (χ2n) is 6.78. The molecule has 0 spiro atoms. The maximum absolute atomic E-state index is 13.1. The van der Waals surface area contributed by atoms with Gasteiger partial charge in [0.2, 0.25) is 5.91 Å². The molecule has 1 aliphatic carbocycles. The van der Waals surface area contributed by atoms with E-state index in [1.165, 1.54) is 22.7 Å². The number of hydrogen-bond acceptors (Lipinski definition) is 6. The van der Waals surface area contributed by atoms with Crippen LogP contribution in [0, 0.1) is 11.3 Å². The predicted octanol–water partition coefficient (Wildman–Crippen LogP) is 4.39. The SMILES string of the molecule is C=CCn1c(SCC(=O)Nc2ccc(C#N)c(Cl)c2)nc2sc3c(c2c1=O)CCC3. The summed E-state index contributed by atoms with van der Waals surface area (Å²) in [6, 6.07) is 6.69. The minimum atomic E-state index is -0.256. The number of halogens is 1. The number of thioether (sulfide) groups is 1. The minimum absolute atomic E-state index is 0.0684. The van der Waals surface area contributed by atoms with Crippen LogP contribution in [0.5, 0.6) is 0 Å². The molecule has 2 aromatic heterocycles. The zero-order chi connectivity index (χ0) is 21.3. The van der Waals surface area contributed by atoms with Crippen LogP contribution < -0.4 is 10.9 Å². The molecule has 0 saturated heterocycles.